The summed E-state index contributed by atoms with van der Waals surface area (Å²) in [6.07, 6.45) is 7.56. The Kier molecular flexibility index (Phi) is 6.28. The van der Waals surface area contributed by atoms with E-state index in [0.29, 0.717) is 6.42 Å². The molecule has 2 rings (SSSR count). The maximum atomic E-state index is 12.5. The first-order valence-electron chi connectivity index (χ1n) is 8.55. The van der Waals surface area contributed by atoms with E-state index in [4.69, 9.17) is 4.74 Å². The van der Waals surface area contributed by atoms with Gasteiger partial charge in [0.2, 0.25) is 11.6 Å². The molecular formula is C18H27N2O3+. The summed E-state index contributed by atoms with van der Waals surface area (Å²) in [4.78, 5) is 28.7. The quantitative estimate of drug-likeness (QED) is 0.559. The number of cyclic esters (lactones) is 1. The number of carbonyl (C=O) groups is 2. The second kappa shape index (κ2) is 8.20. The number of quaternary nitrogens is 1. The van der Waals surface area contributed by atoms with E-state index in [1.54, 1.807) is 18.4 Å². The highest BCUT2D eigenvalue weighted by atomic mass is 16.6. The number of ether oxygens (including phenoxy) is 1. The number of carbonyl (C=O) groups excluding carboxylic acids is 2. The Morgan fingerprint density at radius 1 is 1.39 bits per heavy atom. The molecule has 0 radical (unpaired) electrons. The highest BCUT2D eigenvalue weighted by Gasteiger charge is 2.48. The van der Waals surface area contributed by atoms with Crippen molar-refractivity contribution in [1.29, 1.82) is 0 Å². The summed E-state index contributed by atoms with van der Waals surface area (Å²) in [5.74, 6) is 0.378. The van der Waals surface area contributed by atoms with E-state index in [1.807, 2.05) is 18.2 Å². The van der Waals surface area contributed by atoms with Crippen molar-refractivity contribution < 1.29 is 19.6 Å². The van der Waals surface area contributed by atoms with Gasteiger partial charge in [0.25, 0.3) is 0 Å². The molecule has 0 aromatic carbocycles. The molecule has 0 saturated carbocycles. The maximum absolute atomic E-state index is 12.5. The number of hydrogen-bond acceptors (Lipinski definition) is 4. The van der Waals surface area contributed by atoms with Crippen molar-refractivity contribution >= 4 is 17.6 Å². The summed E-state index contributed by atoms with van der Waals surface area (Å²) in [5.41, 5.74) is -0.974. The molecule has 1 fully saturated rings. The van der Waals surface area contributed by atoms with Gasteiger partial charge in [-0.3, -0.25) is 14.9 Å². The molecule has 5 nitrogen and oxygen atoms in total. The third-order valence-electron chi connectivity index (χ3n) is 4.48. The van der Waals surface area contributed by atoms with Crippen molar-refractivity contribution in [2.24, 2.45) is 5.92 Å². The number of unbranched alkanes of at least 4 members (excludes halogenated alkanes) is 3. The van der Waals surface area contributed by atoms with Crippen LogP contribution in [0.15, 0.2) is 24.4 Å². The maximum Gasteiger partial charge on any atom is 0.310 e. The van der Waals surface area contributed by atoms with Crippen LogP contribution in [0.5, 0.6) is 0 Å². The van der Waals surface area contributed by atoms with Gasteiger partial charge in [0.05, 0.1) is 5.92 Å². The summed E-state index contributed by atoms with van der Waals surface area (Å²) in [5, 5.41) is 1.79. The number of esters is 1. The lowest BCUT2D eigenvalue weighted by molar-refractivity contribution is -0.563. The standard InChI is InChI=1S/C18H26N2O3/c1-3-4-5-6-9-14-12-18(2,23-17(14)22)15(21)13-20-16-10-7-8-11-19-16/h7-8,10-11,14H,3-6,9,12-13H2,1-2H3,(H,19,20)/p+1. The topological polar surface area (TPSA) is 72.9 Å². The number of aromatic nitrogens is 1. The van der Waals surface area contributed by atoms with E-state index in [9.17, 15) is 9.59 Å². The normalized spacial score (nSPS) is 23.7. The van der Waals surface area contributed by atoms with E-state index >= 15 is 0 Å². The molecule has 1 aromatic heterocycles. The average Bonchev–Trinajstić information content (AvgIpc) is 2.85. The smallest absolute Gasteiger partial charge is 0.310 e. The average molecular weight is 319 g/mol. The first kappa shape index (κ1) is 17.6. The van der Waals surface area contributed by atoms with E-state index < -0.39 is 5.60 Å². The molecule has 2 unspecified atom stereocenters. The Morgan fingerprint density at radius 3 is 2.91 bits per heavy atom. The van der Waals surface area contributed by atoms with Gasteiger partial charge in [-0.25, -0.2) is 4.98 Å². The van der Waals surface area contributed by atoms with Crippen LogP contribution >= 0.6 is 0 Å². The Bertz CT molecular complexity index is 532. The number of nitrogens with two attached hydrogens (primary N) is 1. The molecule has 1 saturated heterocycles. The molecule has 23 heavy (non-hydrogen) atoms. The SMILES string of the molecule is CCCCCCC1CC(C)(C(=O)C[NH2+]c2ccccn2)OC1=O. The molecule has 2 N–H and O–H groups in total. The van der Waals surface area contributed by atoms with Crippen LogP contribution in [0, 0.1) is 5.92 Å². The predicted octanol–water partition coefficient (Wildman–Crippen LogP) is 2.14. The zero-order chi connectivity index (χ0) is 16.7. The summed E-state index contributed by atoms with van der Waals surface area (Å²) in [6.45, 7) is 4.15. The molecule has 2 heterocycles. The first-order valence-corrected chi connectivity index (χ1v) is 8.55. The number of rotatable bonds is 9. The van der Waals surface area contributed by atoms with Gasteiger partial charge in [-0.2, -0.15) is 0 Å². The fourth-order valence-corrected chi connectivity index (χ4v) is 3.02. The highest BCUT2D eigenvalue weighted by Crippen LogP contribution is 2.34. The van der Waals surface area contributed by atoms with E-state index in [1.165, 1.54) is 12.8 Å². The van der Waals surface area contributed by atoms with Gasteiger partial charge in [0.1, 0.15) is 6.54 Å². The number of nitrogens with zero attached hydrogens (tertiary/aromatic N) is 1. The van der Waals surface area contributed by atoms with Gasteiger partial charge in [-0.1, -0.05) is 38.7 Å². The molecule has 0 aliphatic carbocycles. The van der Waals surface area contributed by atoms with Crippen molar-refractivity contribution in [3.63, 3.8) is 0 Å². The Hall–Kier alpha value is -1.75. The molecule has 1 aliphatic heterocycles. The predicted molar refractivity (Wildman–Crippen MR) is 87.1 cm³/mol. The lowest BCUT2D eigenvalue weighted by Crippen LogP contribution is -2.81. The molecule has 0 spiro atoms. The fourth-order valence-electron chi connectivity index (χ4n) is 3.02. The van der Waals surface area contributed by atoms with Crippen LogP contribution in [0.3, 0.4) is 0 Å². The van der Waals surface area contributed by atoms with Crippen LogP contribution in [-0.2, 0) is 14.3 Å². The highest BCUT2D eigenvalue weighted by molar-refractivity contribution is 5.93. The number of pyridine rings is 1. The Labute approximate surface area is 137 Å². The largest absolute Gasteiger partial charge is 0.451 e. The third kappa shape index (κ3) is 4.86. The van der Waals surface area contributed by atoms with Crippen LogP contribution in [0.4, 0.5) is 5.82 Å². The lowest BCUT2D eigenvalue weighted by atomic mass is 9.89. The Balaban J connectivity index is 1.83. The molecule has 1 aromatic rings. The van der Waals surface area contributed by atoms with Crippen LogP contribution in [-0.4, -0.2) is 28.9 Å². The monoisotopic (exact) mass is 319 g/mol. The molecule has 5 heteroatoms. The zero-order valence-corrected chi connectivity index (χ0v) is 14.1. The van der Waals surface area contributed by atoms with Crippen LogP contribution < -0.4 is 5.32 Å². The van der Waals surface area contributed by atoms with E-state index in [2.05, 4.69) is 11.9 Å². The fraction of sp³-hybridized carbons (Fsp3) is 0.611. The summed E-state index contributed by atoms with van der Waals surface area (Å²) < 4.78 is 5.44. The van der Waals surface area contributed by atoms with Gasteiger partial charge >= 0.3 is 5.97 Å². The van der Waals surface area contributed by atoms with Gasteiger partial charge < -0.3 is 4.74 Å². The molecule has 0 bridgehead atoms. The molecule has 126 valence electrons. The zero-order valence-electron chi connectivity index (χ0n) is 14.1. The Morgan fingerprint density at radius 2 is 2.22 bits per heavy atom. The minimum Gasteiger partial charge on any atom is -0.451 e. The third-order valence-corrected chi connectivity index (χ3v) is 4.48. The van der Waals surface area contributed by atoms with Gasteiger partial charge in [-0.15, -0.1) is 0 Å². The molecule has 2 atom stereocenters. The van der Waals surface area contributed by atoms with Crippen LogP contribution in [0.25, 0.3) is 0 Å². The number of Topliss-reactive ketones (excluding diaryl/α,β-unsaturated/α-hetero) is 1. The minimum absolute atomic E-state index is 0.0486. The summed E-state index contributed by atoms with van der Waals surface area (Å²) in [6, 6.07) is 5.57. The van der Waals surface area contributed by atoms with E-state index in [-0.39, 0.29) is 24.2 Å². The van der Waals surface area contributed by atoms with Crippen molar-refractivity contribution in [3.8, 4) is 0 Å². The van der Waals surface area contributed by atoms with Crippen LogP contribution in [0.2, 0.25) is 0 Å². The number of ketones is 1. The lowest BCUT2D eigenvalue weighted by Gasteiger charge is -2.19. The van der Waals surface area contributed by atoms with Gasteiger partial charge in [0, 0.05) is 18.7 Å². The van der Waals surface area contributed by atoms with Gasteiger partial charge in [0.15, 0.2) is 5.60 Å². The van der Waals surface area contributed by atoms with Crippen molar-refractivity contribution in [2.45, 2.75) is 58.0 Å². The first-order chi connectivity index (χ1) is 11.0. The van der Waals surface area contributed by atoms with Crippen molar-refractivity contribution in [2.75, 3.05) is 6.54 Å². The molecule has 1 aliphatic rings. The second-order valence-electron chi connectivity index (χ2n) is 6.49. The van der Waals surface area contributed by atoms with Crippen LogP contribution in [0.1, 0.15) is 52.4 Å². The summed E-state index contributed by atoms with van der Waals surface area (Å²) >= 11 is 0. The molecule has 0 amide bonds. The second-order valence-corrected chi connectivity index (χ2v) is 6.49. The van der Waals surface area contributed by atoms with Crippen molar-refractivity contribution in [3.05, 3.63) is 24.4 Å². The van der Waals surface area contributed by atoms with Crippen molar-refractivity contribution in [1.82, 2.24) is 4.98 Å². The summed E-state index contributed by atoms with van der Waals surface area (Å²) in [7, 11) is 0. The number of hydrogen-bond donors (Lipinski definition) is 1. The molecular weight excluding hydrogens is 292 g/mol. The van der Waals surface area contributed by atoms with E-state index in [0.717, 1.165) is 25.1 Å². The minimum atomic E-state index is -0.974. The van der Waals surface area contributed by atoms with Gasteiger partial charge in [-0.05, 0) is 19.4 Å².